The molecule has 2 unspecified atom stereocenters. The van der Waals surface area contributed by atoms with Crippen LogP contribution < -0.4 is 16.0 Å². The molecule has 2 aromatic carbocycles. The second kappa shape index (κ2) is 15.9. The topological polar surface area (TPSA) is 96.5 Å². The van der Waals surface area contributed by atoms with Gasteiger partial charge in [-0.3, -0.25) is 14.4 Å². The van der Waals surface area contributed by atoms with Crippen molar-refractivity contribution in [3.63, 3.8) is 0 Å². The maximum absolute atomic E-state index is 13.4. The van der Waals surface area contributed by atoms with Crippen molar-refractivity contribution in [2.24, 2.45) is 11.3 Å². The number of halogens is 2. The molecule has 0 spiro atoms. The maximum Gasteiger partial charge on any atom is 0.310 e. The SMILES string of the molecule is CCNCC(COC(=O)Cc1ccc(NC(=O)C2=C(c3ccc(Cl)c(Cl)c3)C=CCC2)cc1)(C(=O)NCC)C1C=CC=CC1. The summed E-state index contributed by atoms with van der Waals surface area (Å²) in [5, 5.41) is 10.1. The summed E-state index contributed by atoms with van der Waals surface area (Å²) in [7, 11) is 0. The number of ether oxygens (including phenoxy) is 1. The highest BCUT2D eigenvalue weighted by Crippen LogP contribution is 2.35. The van der Waals surface area contributed by atoms with Gasteiger partial charge in [-0.15, -0.1) is 0 Å². The molecule has 2 atom stereocenters. The van der Waals surface area contributed by atoms with Crippen LogP contribution in [0.3, 0.4) is 0 Å². The fourth-order valence-corrected chi connectivity index (χ4v) is 5.75. The van der Waals surface area contributed by atoms with Crippen molar-refractivity contribution in [2.75, 3.05) is 31.6 Å². The van der Waals surface area contributed by atoms with Gasteiger partial charge in [0.1, 0.15) is 12.0 Å². The standard InChI is InChI=1S/C35H39Cl2N3O4/c1-3-38-22-35(34(43)39-4-2,26-10-6-5-7-11-26)23-44-32(41)20-24-14-17-27(18-15-24)40-33(42)29-13-9-8-12-28(29)25-16-19-30(36)31(37)21-25/h5-8,10,12,14-19,21,26,38H,3-4,9,11,13,20,22-23H2,1-2H3,(H,39,43)(H,40,42). The van der Waals surface area contributed by atoms with Gasteiger partial charge in [-0.25, -0.2) is 0 Å². The number of amides is 2. The first-order chi connectivity index (χ1) is 21.3. The minimum Gasteiger partial charge on any atom is -0.464 e. The van der Waals surface area contributed by atoms with Crippen molar-refractivity contribution >= 4 is 52.2 Å². The minimum absolute atomic E-state index is 0.0353. The van der Waals surface area contributed by atoms with Crippen molar-refractivity contribution in [3.8, 4) is 0 Å². The molecule has 2 amide bonds. The molecule has 232 valence electrons. The van der Waals surface area contributed by atoms with Crippen molar-refractivity contribution in [3.05, 3.63) is 106 Å². The first-order valence-corrected chi connectivity index (χ1v) is 15.8. The monoisotopic (exact) mass is 635 g/mol. The highest BCUT2D eigenvalue weighted by atomic mass is 35.5. The largest absolute Gasteiger partial charge is 0.464 e. The zero-order valence-corrected chi connectivity index (χ0v) is 26.6. The zero-order chi connectivity index (χ0) is 31.5. The molecule has 0 bridgehead atoms. The van der Waals surface area contributed by atoms with Crippen LogP contribution in [0.4, 0.5) is 5.69 Å². The Labute approximate surface area is 269 Å². The smallest absolute Gasteiger partial charge is 0.310 e. The van der Waals surface area contributed by atoms with Crippen LogP contribution in [0.25, 0.3) is 5.57 Å². The van der Waals surface area contributed by atoms with Crippen molar-refractivity contribution < 1.29 is 19.1 Å². The van der Waals surface area contributed by atoms with Crippen LogP contribution in [0.15, 0.2) is 84.5 Å². The molecule has 0 saturated heterocycles. The predicted molar refractivity (Wildman–Crippen MR) is 178 cm³/mol. The lowest BCUT2D eigenvalue weighted by molar-refractivity contribution is -0.152. The van der Waals surface area contributed by atoms with E-state index in [2.05, 4.69) is 16.0 Å². The summed E-state index contributed by atoms with van der Waals surface area (Å²) in [6.07, 6.45) is 14.0. The molecule has 2 aromatic rings. The van der Waals surface area contributed by atoms with Crippen LogP contribution in [-0.2, 0) is 25.5 Å². The number of anilines is 1. The zero-order valence-electron chi connectivity index (χ0n) is 25.1. The highest BCUT2D eigenvalue weighted by Gasteiger charge is 2.45. The van der Waals surface area contributed by atoms with Crippen LogP contribution in [0.2, 0.25) is 10.0 Å². The molecule has 0 heterocycles. The first-order valence-electron chi connectivity index (χ1n) is 15.0. The van der Waals surface area contributed by atoms with Gasteiger partial charge in [0.25, 0.3) is 5.91 Å². The molecule has 0 aromatic heterocycles. The summed E-state index contributed by atoms with van der Waals surface area (Å²) in [5.74, 6) is -0.866. The van der Waals surface area contributed by atoms with E-state index in [0.29, 0.717) is 53.8 Å². The predicted octanol–water partition coefficient (Wildman–Crippen LogP) is 6.69. The number of carbonyl (C=O) groups is 3. The molecular formula is C35H39Cl2N3O4. The number of carbonyl (C=O) groups excluding carboxylic acids is 3. The Balaban J connectivity index is 1.41. The van der Waals surface area contributed by atoms with Crippen molar-refractivity contribution in [2.45, 2.75) is 39.5 Å². The number of hydrogen-bond donors (Lipinski definition) is 3. The number of nitrogens with one attached hydrogen (secondary N) is 3. The normalized spacial score (nSPS) is 17.2. The Morgan fingerprint density at radius 1 is 0.977 bits per heavy atom. The van der Waals surface area contributed by atoms with E-state index in [1.807, 2.05) is 56.4 Å². The average Bonchev–Trinajstić information content (AvgIpc) is 3.04. The van der Waals surface area contributed by atoms with Gasteiger partial charge < -0.3 is 20.7 Å². The summed E-state index contributed by atoms with van der Waals surface area (Å²) < 4.78 is 5.78. The van der Waals surface area contributed by atoms with Crippen LogP contribution in [0.5, 0.6) is 0 Å². The third-order valence-corrected chi connectivity index (χ3v) is 8.64. The summed E-state index contributed by atoms with van der Waals surface area (Å²) in [6.45, 7) is 5.39. The molecule has 44 heavy (non-hydrogen) atoms. The lowest BCUT2D eigenvalue weighted by Gasteiger charge is -2.38. The minimum atomic E-state index is -0.934. The number of rotatable bonds is 13. The number of allylic oxidation sites excluding steroid dienone is 7. The molecule has 0 radical (unpaired) electrons. The number of hydrogen-bond acceptors (Lipinski definition) is 5. The summed E-state index contributed by atoms with van der Waals surface area (Å²) >= 11 is 12.3. The molecule has 0 saturated carbocycles. The van der Waals surface area contributed by atoms with Gasteiger partial charge in [0, 0.05) is 24.4 Å². The van der Waals surface area contributed by atoms with E-state index >= 15 is 0 Å². The van der Waals surface area contributed by atoms with Gasteiger partial charge in [-0.2, -0.15) is 0 Å². The molecule has 4 rings (SSSR count). The van der Waals surface area contributed by atoms with E-state index in [1.54, 1.807) is 36.4 Å². The van der Waals surface area contributed by atoms with E-state index in [-0.39, 0.29) is 30.8 Å². The Hall–Kier alpha value is -3.65. The maximum atomic E-state index is 13.4. The molecular weight excluding hydrogens is 597 g/mol. The van der Waals surface area contributed by atoms with Crippen LogP contribution in [0.1, 0.15) is 44.2 Å². The van der Waals surface area contributed by atoms with Crippen molar-refractivity contribution in [1.29, 1.82) is 0 Å². The van der Waals surface area contributed by atoms with Gasteiger partial charge in [-0.05, 0) is 79.6 Å². The van der Waals surface area contributed by atoms with Gasteiger partial charge in [-0.1, -0.05) is 84.8 Å². The average molecular weight is 637 g/mol. The Kier molecular flexibility index (Phi) is 12.0. The van der Waals surface area contributed by atoms with Crippen LogP contribution in [-0.4, -0.2) is 44.0 Å². The van der Waals surface area contributed by atoms with E-state index in [1.165, 1.54) is 0 Å². The molecule has 2 aliphatic rings. The Bertz CT molecular complexity index is 1480. The quantitative estimate of drug-likeness (QED) is 0.213. The number of esters is 1. The second-order valence-electron chi connectivity index (χ2n) is 10.9. The fraction of sp³-hybridized carbons (Fsp3) is 0.343. The van der Waals surface area contributed by atoms with Gasteiger partial charge in [0.2, 0.25) is 5.91 Å². The van der Waals surface area contributed by atoms with E-state index in [9.17, 15) is 14.4 Å². The van der Waals surface area contributed by atoms with Gasteiger partial charge in [0.05, 0.1) is 16.5 Å². The van der Waals surface area contributed by atoms with Gasteiger partial charge in [0.15, 0.2) is 0 Å². The van der Waals surface area contributed by atoms with Crippen LogP contribution in [0, 0.1) is 11.3 Å². The second-order valence-corrected chi connectivity index (χ2v) is 11.7. The van der Waals surface area contributed by atoms with E-state index < -0.39 is 11.4 Å². The summed E-state index contributed by atoms with van der Waals surface area (Å²) in [4.78, 5) is 39.6. The van der Waals surface area contributed by atoms with Gasteiger partial charge >= 0.3 is 5.97 Å². The molecule has 9 heteroatoms. The Morgan fingerprint density at radius 3 is 2.45 bits per heavy atom. The van der Waals surface area contributed by atoms with E-state index in [4.69, 9.17) is 27.9 Å². The van der Waals surface area contributed by atoms with Crippen molar-refractivity contribution in [1.82, 2.24) is 10.6 Å². The number of benzene rings is 2. The molecule has 2 aliphatic carbocycles. The lowest BCUT2D eigenvalue weighted by atomic mass is 9.71. The first kappa shape index (κ1) is 33.2. The summed E-state index contributed by atoms with van der Waals surface area (Å²) in [6, 6.07) is 12.4. The van der Waals surface area contributed by atoms with Crippen LogP contribution >= 0.6 is 23.2 Å². The molecule has 7 nitrogen and oxygen atoms in total. The third-order valence-electron chi connectivity index (χ3n) is 7.90. The molecule has 0 fully saturated rings. The Morgan fingerprint density at radius 2 is 1.77 bits per heavy atom. The lowest BCUT2D eigenvalue weighted by Crippen LogP contribution is -2.54. The fourth-order valence-electron chi connectivity index (χ4n) is 5.45. The summed E-state index contributed by atoms with van der Waals surface area (Å²) in [5.41, 5.74) is 2.71. The van der Waals surface area contributed by atoms with E-state index in [0.717, 1.165) is 23.1 Å². The molecule has 3 N–H and O–H groups in total. The molecule has 0 aliphatic heterocycles. The highest BCUT2D eigenvalue weighted by molar-refractivity contribution is 6.42. The third kappa shape index (κ3) is 8.29.